The Morgan fingerprint density at radius 1 is 0.808 bits per heavy atom. The lowest BCUT2D eigenvalue weighted by Gasteiger charge is -2.35. The average molecular weight is 364 g/mol. The van der Waals surface area contributed by atoms with Crippen LogP contribution in [0.1, 0.15) is 73.1 Å². The van der Waals surface area contributed by atoms with Crippen LogP contribution in [0.4, 0.5) is 0 Å². The summed E-state index contributed by atoms with van der Waals surface area (Å²) >= 11 is 0. The number of carbonyl (C=O) groups is 2. The van der Waals surface area contributed by atoms with Gasteiger partial charge in [0.25, 0.3) is 0 Å². The van der Waals surface area contributed by atoms with Gasteiger partial charge in [0.05, 0.1) is 29.6 Å². The number of amides is 2. The third-order valence-electron chi connectivity index (χ3n) is 7.48. The van der Waals surface area contributed by atoms with Crippen LogP contribution in [0.3, 0.4) is 0 Å². The van der Waals surface area contributed by atoms with Crippen molar-refractivity contribution in [3.05, 3.63) is 0 Å². The van der Waals surface area contributed by atoms with Gasteiger partial charge in [-0.1, -0.05) is 13.8 Å². The molecule has 6 atom stereocenters. The average Bonchev–Trinajstić information content (AvgIpc) is 3.41. The van der Waals surface area contributed by atoms with Crippen LogP contribution >= 0.6 is 0 Å². The molecule has 26 heavy (non-hydrogen) atoms. The molecule has 2 saturated heterocycles. The highest BCUT2D eigenvalue weighted by Gasteiger charge is 2.61. The number of fused-ring (bicyclic) bond motifs is 2. The van der Waals surface area contributed by atoms with E-state index >= 15 is 0 Å². The summed E-state index contributed by atoms with van der Waals surface area (Å²) < 4.78 is 11.5. The number of rotatable bonds is 4. The van der Waals surface area contributed by atoms with Crippen LogP contribution in [0.15, 0.2) is 0 Å². The second-order valence-electron chi connectivity index (χ2n) is 10.0. The first kappa shape index (κ1) is 18.2. The predicted octanol–water partition coefficient (Wildman–Crippen LogP) is 2.26. The molecule has 146 valence electrons. The molecule has 2 N–H and O–H groups in total. The fourth-order valence-corrected chi connectivity index (χ4v) is 4.80. The molecule has 4 fully saturated rings. The monoisotopic (exact) mass is 364 g/mol. The topological polar surface area (TPSA) is 83.3 Å². The highest BCUT2D eigenvalue weighted by molar-refractivity contribution is 5.85. The molecule has 2 aliphatic carbocycles. The molecule has 6 nitrogen and oxygen atoms in total. The third kappa shape index (κ3) is 2.95. The highest BCUT2D eigenvalue weighted by atomic mass is 16.6. The number of ether oxygens (including phenoxy) is 2. The first-order chi connectivity index (χ1) is 12.0. The zero-order valence-corrected chi connectivity index (χ0v) is 16.6. The van der Waals surface area contributed by atoms with Crippen LogP contribution in [-0.4, -0.2) is 41.4 Å². The molecule has 6 unspecified atom stereocenters. The standard InChI is InChI=1S/C20H32N2O4/c1-12(21-15(23)17(2)6-8-19(4)13(10-17)25-19)22-16(24)18(3)7-9-20(5)14(11-18)26-20/h12-14H,6-11H2,1-5H3,(H,21,23)(H,22,24). The molecule has 0 aromatic heterocycles. The van der Waals surface area contributed by atoms with Crippen molar-refractivity contribution < 1.29 is 19.1 Å². The van der Waals surface area contributed by atoms with Crippen LogP contribution in [0.25, 0.3) is 0 Å². The largest absolute Gasteiger partial charge is 0.366 e. The van der Waals surface area contributed by atoms with E-state index in [0.29, 0.717) is 0 Å². The van der Waals surface area contributed by atoms with Gasteiger partial charge in [-0.3, -0.25) is 9.59 Å². The van der Waals surface area contributed by atoms with E-state index in [-0.39, 0.29) is 41.4 Å². The van der Waals surface area contributed by atoms with Gasteiger partial charge in [0, 0.05) is 10.8 Å². The van der Waals surface area contributed by atoms with Crippen LogP contribution in [-0.2, 0) is 19.1 Å². The van der Waals surface area contributed by atoms with E-state index in [1.165, 1.54) is 0 Å². The minimum absolute atomic E-state index is 0.00538. The summed E-state index contributed by atoms with van der Waals surface area (Å²) in [6, 6.07) is 0. The lowest BCUT2D eigenvalue weighted by atomic mass is 9.71. The van der Waals surface area contributed by atoms with Crippen molar-refractivity contribution in [1.29, 1.82) is 0 Å². The maximum absolute atomic E-state index is 12.8. The zero-order chi connectivity index (χ0) is 19.0. The summed E-state index contributed by atoms with van der Waals surface area (Å²) in [5.74, 6) is 0.0181. The Morgan fingerprint density at radius 3 is 1.54 bits per heavy atom. The second-order valence-corrected chi connectivity index (χ2v) is 10.0. The normalized spacial score (nSPS) is 50.0. The molecule has 0 bridgehead atoms. The summed E-state index contributed by atoms with van der Waals surface area (Å²) in [5.41, 5.74) is -0.848. The fourth-order valence-electron chi connectivity index (χ4n) is 4.80. The summed E-state index contributed by atoms with van der Waals surface area (Å²) in [6.45, 7) is 10.1. The van der Waals surface area contributed by atoms with Gasteiger partial charge >= 0.3 is 0 Å². The van der Waals surface area contributed by atoms with Gasteiger partial charge in [-0.25, -0.2) is 0 Å². The summed E-state index contributed by atoms with van der Waals surface area (Å²) in [4.78, 5) is 25.6. The van der Waals surface area contributed by atoms with Gasteiger partial charge in [-0.15, -0.1) is 0 Å². The van der Waals surface area contributed by atoms with E-state index in [4.69, 9.17) is 9.47 Å². The van der Waals surface area contributed by atoms with Crippen LogP contribution in [0, 0.1) is 10.8 Å². The lowest BCUT2D eigenvalue weighted by molar-refractivity contribution is -0.135. The summed E-state index contributed by atoms with van der Waals surface area (Å²) in [7, 11) is 0. The first-order valence-electron chi connectivity index (χ1n) is 9.96. The van der Waals surface area contributed by atoms with Gasteiger partial charge in [-0.05, 0) is 59.3 Å². The number of hydrogen-bond acceptors (Lipinski definition) is 4. The fraction of sp³-hybridized carbons (Fsp3) is 0.900. The van der Waals surface area contributed by atoms with Crippen LogP contribution in [0.5, 0.6) is 0 Å². The quantitative estimate of drug-likeness (QED) is 0.592. The maximum atomic E-state index is 12.8. The van der Waals surface area contributed by atoms with Crippen molar-refractivity contribution in [2.24, 2.45) is 10.8 Å². The van der Waals surface area contributed by atoms with E-state index in [1.54, 1.807) is 0 Å². The Balaban J connectivity index is 1.30. The molecule has 0 spiro atoms. The first-order valence-corrected chi connectivity index (χ1v) is 9.96. The number of epoxide rings is 2. The maximum Gasteiger partial charge on any atom is 0.227 e. The van der Waals surface area contributed by atoms with Gasteiger partial charge in [0.2, 0.25) is 11.8 Å². The molecular weight excluding hydrogens is 332 g/mol. The molecule has 4 rings (SSSR count). The molecule has 6 heteroatoms. The predicted molar refractivity (Wildman–Crippen MR) is 96.2 cm³/mol. The Hall–Kier alpha value is -1.14. The van der Waals surface area contributed by atoms with Crippen molar-refractivity contribution in [1.82, 2.24) is 10.6 Å². The van der Waals surface area contributed by atoms with Gasteiger partial charge < -0.3 is 20.1 Å². The second kappa shape index (κ2) is 5.44. The molecule has 4 aliphatic rings. The van der Waals surface area contributed by atoms with Crippen molar-refractivity contribution in [2.45, 2.75) is 103 Å². The van der Waals surface area contributed by atoms with E-state index in [1.807, 2.05) is 20.8 Å². The summed E-state index contributed by atoms with van der Waals surface area (Å²) in [5, 5.41) is 6.00. The Morgan fingerprint density at radius 2 is 1.19 bits per heavy atom. The van der Waals surface area contributed by atoms with E-state index < -0.39 is 10.8 Å². The van der Waals surface area contributed by atoms with Crippen molar-refractivity contribution in [3.63, 3.8) is 0 Å². The smallest absolute Gasteiger partial charge is 0.227 e. The molecule has 0 aromatic carbocycles. The number of nitrogens with one attached hydrogen (secondary N) is 2. The molecule has 0 aromatic rings. The molecule has 2 saturated carbocycles. The number of hydrogen-bond donors (Lipinski definition) is 2. The lowest BCUT2D eigenvalue weighted by Crippen LogP contribution is -2.55. The zero-order valence-electron chi connectivity index (χ0n) is 16.6. The SMILES string of the molecule is CC(NC(=O)C1(C)CCC2(C)OC2C1)NC(=O)C1(C)CCC2(C)OC2C1. The van der Waals surface area contributed by atoms with Crippen LogP contribution in [0.2, 0.25) is 0 Å². The Bertz CT molecular complexity index is 600. The number of carbonyl (C=O) groups excluding carboxylic acids is 2. The van der Waals surface area contributed by atoms with Crippen molar-refractivity contribution in [2.75, 3.05) is 0 Å². The van der Waals surface area contributed by atoms with Crippen LogP contribution < -0.4 is 10.6 Å². The summed E-state index contributed by atoms with van der Waals surface area (Å²) in [6.07, 6.45) is 5.00. The van der Waals surface area contributed by atoms with Crippen molar-refractivity contribution in [3.8, 4) is 0 Å². The van der Waals surface area contributed by atoms with Gasteiger partial charge in [0.15, 0.2) is 0 Å². The van der Waals surface area contributed by atoms with E-state index in [9.17, 15) is 9.59 Å². The molecule has 2 amide bonds. The molecular formula is C20H32N2O4. The minimum Gasteiger partial charge on any atom is -0.366 e. The third-order valence-corrected chi connectivity index (χ3v) is 7.48. The van der Waals surface area contributed by atoms with E-state index in [2.05, 4.69) is 24.5 Å². The molecule has 0 radical (unpaired) electrons. The van der Waals surface area contributed by atoms with Crippen molar-refractivity contribution >= 4 is 11.8 Å². The highest BCUT2D eigenvalue weighted by Crippen LogP contribution is 2.54. The Kier molecular flexibility index (Phi) is 3.82. The van der Waals surface area contributed by atoms with E-state index in [0.717, 1.165) is 38.5 Å². The Labute approximate surface area is 155 Å². The molecule has 2 heterocycles. The van der Waals surface area contributed by atoms with Gasteiger partial charge in [-0.2, -0.15) is 0 Å². The van der Waals surface area contributed by atoms with Gasteiger partial charge in [0.1, 0.15) is 0 Å². The minimum atomic E-state index is -0.419. The molecule has 2 aliphatic heterocycles.